The van der Waals surface area contributed by atoms with Gasteiger partial charge in [-0.2, -0.15) is 0 Å². The van der Waals surface area contributed by atoms with E-state index in [0.29, 0.717) is 6.42 Å². The molecule has 0 bridgehead atoms. The Morgan fingerprint density at radius 3 is 2.36 bits per heavy atom. The van der Waals surface area contributed by atoms with E-state index in [2.05, 4.69) is 5.32 Å². The van der Waals surface area contributed by atoms with Crippen LogP contribution in [0, 0.1) is 0 Å². The first kappa shape index (κ1) is 18.5. The predicted molar refractivity (Wildman–Crippen MR) is 108 cm³/mol. The monoisotopic (exact) mass is 378 g/mol. The van der Waals surface area contributed by atoms with E-state index in [1.165, 1.54) is 0 Å². The highest BCUT2D eigenvalue weighted by Crippen LogP contribution is 2.51. The lowest BCUT2D eigenvalue weighted by Crippen LogP contribution is -2.29. The average Bonchev–Trinajstić information content (AvgIpc) is 3.35. The number of amides is 2. The number of rotatable bonds is 6. The Labute approximate surface area is 165 Å². The van der Waals surface area contributed by atoms with Gasteiger partial charge in [0.15, 0.2) is 0 Å². The van der Waals surface area contributed by atoms with Gasteiger partial charge in [-0.3, -0.25) is 9.59 Å². The number of hydrogen-bond donors (Lipinski definition) is 1. The minimum Gasteiger partial charge on any atom is -0.496 e. The van der Waals surface area contributed by atoms with E-state index in [0.717, 1.165) is 61.3 Å². The Hall–Kier alpha value is -2.82. The van der Waals surface area contributed by atoms with Crippen molar-refractivity contribution < 1.29 is 14.3 Å². The van der Waals surface area contributed by atoms with Gasteiger partial charge in [0, 0.05) is 24.3 Å². The summed E-state index contributed by atoms with van der Waals surface area (Å²) >= 11 is 0. The molecule has 1 N–H and O–H groups in total. The number of methoxy groups -OCH3 is 1. The Kier molecular flexibility index (Phi) is 5.07. The van der Waals surface area contributed by atoms with Gasteiger partial charge < -0.3 is 15.0 Å². The molecule has 0 aromatic heterocycles. The summed E-state index contributed by atoms with van der Waals surface area (Å²) in [5, 5.41) is 3.04. The molecular formula is C23H26N2O3. The Balaban J connectivity index is 1.41. The summed E-state index contributed by atoms with van der Waals surface area (Å²) in [7, 11) is 1.63. The number of carbonyl (C=O) groups is 2. The summed E-state index contributed by atoms with van der Waals surface area (Å²) in [6.07, 6.45) is 4.26. The van der Waals surface area contributed by atoms with Crippen molar-refractivity contribution >= 4 is 17.5 Å². The summed E-state index contributed by atoms with van der Waals surface area (Å²) < 4.78 is 5.45. The van der Waals surface area contributed by atoms with Crippen LogP contribution in [0.15, 0.2) is 48.5 Å². The molecular weight excluding hydrogens is 352 g/mol. The number of ether oxygens (including phenoxy) is 1. The minimum absolute atomic E-state index is 0.00195. The molecule has 2 aromatic rings. The van der Waals surface area contributed by atoms with Crippen LogP contribution in [0.3, 0.4) is 0 Å². The Bertz CT molecular complexity index is 866. The predicted octanol–water partition coefficient (Wildman–Crippen LogP) is 3.53. The first-order valence-corrected chi connectivity index (χ1v) is 9.94. The van der Waals surface area contributed by atoms with Crippen LogP contribution in [-0.2, 0) is 21.4 Å². The van der Waals surface area contributed by atoms with Crippen molar-refractivity contribution in [2.24, 2.45) is 0 Å². The molecule has 1 aliphatic carbocycles. The molecule has 5 nitrogen and oxygen atoms in total. The zero-order valence-corrected chi connectivity index (χ0v) is 16.2. The molecule has 1 saturated carbocycles. The molecule has 1 aliphatic heterocycles. The molecule has 146 valence electrons. The molecule has 2 aromatic carbocycles. The van der Waals surface area contributed by atoms with Crippen LogP contribution in [0.4, 0.5) is 5.69 Å². The van der Waals surface area contributed by atoms with Crippen molar-refractivity contribution in [1.82, 2.24) is 4.90 Å². The number of hydrogen-bond acceptors (Lipinski definition) is 3. The van der Waals surface area contributed by atoms with Crippen LogP contribution < -0.4 is 10.1 Å². The SMILES string of the molecule is COc1ccccc1C1(C(=O)Nc2ccc(CC(=O)N3CCCC3)cc2)CC1. The topological polar surface area (TPSA) is 58.6 Å². The van der Waals surface area contributed by atoms with E-state index in [4.69, 9.17) is 4.74 Å². The van der Waals surface area contributed by atoms with E-state index in [1.54, 1.807) is 7.11 Å². The van der Waals surface area contributed by atoms with E-state index in [-0.39, 0.29) is 11.8 Å². The number of para-hydroxylation sites is 1. The minimum atomic E-state index is -0.503. The number of anilines is 1. The maximum Gasteiger partial charge on any atom is 0.235 e. The third kappa shape index (κ3) is 3.61. The van der Waals surface area contributed by atoms with Gasteiger partial charge >= 0.3 is 0 Å². The van der Waals surface area contributed by atoms with Crippen molar-refractivity contribution in [3.05, 3.63) is 59.7 Å². The third-order valence-electron chi connectivity index (χ3n) is 5.83. The average molecular weight is 378 g/mol. The molecule has 0 atom stereocenters. The van der Waals surface area contributed by atoms with Crippen LogP contribution in [-0.4, -0.2) is 36.9 Å². The smallest absolute Gasteiger partial charge is 0.235 e. The van der Waals surface area contributed by atoms with Gasteiger partial charge in [-0.1, -0.05) is 30.3 Å². The number of nitrogens with zero attached hydrogens (tertiary/aromatic N) is 1. The van der Waals surface area contributed by atoms with Crippen molar-refractivity contribution in [1.29, 1.82) is 0 Å². The number of nitrogens with one attached hydrogen (secondary N) is 1. The van der Waals surface area contributed by atoms with Crippen molar-refractivity contribution in [2.75, 3.05) is 25.5 Å². The lowest BCUT2D eigenvalue weighted by atomic mass is 9.93. The van der Waals surface area contributed by atoms with E-state index in [9.17, 15) is 9.59 Å². The number of benzene rings is 2. The van der Waals surface area contributed by atoms with Gasteiger partial charge in [0.25, 0.3) is 0 Å². The van der Waals surface area contributed by atoms with E-state index >= 15 is 0 Å². The van der Waals surface area contributed by atoms with Gasteiger partial charge in [-0.25, -0.2) is 0 Å². The molecule has 1 heterocycles. The largest absolute Gasteiger partial charge is 0.496 e. The molecule has 4 rings (SSSR count). The van der Waals surface area contributed by atoms with Crippen LogP contribution in [0.2, 0.25) is 0 Å². The Morgan fingerprint density at radius 1 is 1.04 bits per heavy atom. The van der Waals surface area contributed by atoms with Crippen molar-refractivity contribution in [2.45, 2.75) is 37.5 Å². The number of likely N-dealkylation sites (tertiary alicyclic amines) is 1. The summed E-state index contributed by atoms with van der Waals surface area (Å²) in [6.45, 7) is 1.75. The van der Waals surface area contributed by atoms with Gasteiger partial charge in [0.2, 0.25) is 11.8 Å². The second-order valence-corrected chi connectivity index (χ2v) is 7.70. The number of carbonyl (C=O) groups excluding carboxylic acids is 2. The molecule has 2 aliphatic rings. The van der Waals surface area contributed by atoms with Crippen LogP contribution in [0.1, 0.15) is 36.8 Å². The second-order valence-electron chi connectivity index (χ2n) is 7.70. The van der Waals surface area contributed by atoms with Crippen molar-refractivity contribution in [3.63, 3.8) is 0 Å². The van der Waals surface area contributed by atoms with Gasteiger partial charge in [-0.15, -0.1) is 0 Å². The lowest BCUT2D eigenvalue weighted by molar-refractivity contribution is -0.129. The molecule has 2 amide bonds. The fourth-order valence-corrected chi connectivity index (χ4v) is 3.99. The lowest BCUT2D eigenvalue weighted by Gasteiger charge is -2.19. The highest BCUT2D eigenvalue weighted by Gasteiger charge is 2.52. The molecule has 0 spiro atoms. The second kappa shape index (κ2) is 7.66. The van der Waals surface area contributed by atoms with Gasteiger partial charge in [0.1, 0.15) is 5.75 Å². The summed E-state index contributed by atoms with van der Waals surface area (Å²) in [4.78, 5) is 27.2. The third-order valence-corrected chi connectivity index (χ3v) is 5.83. The summed E-state index contributed by atoms with van der Waals surface area (Å²) in [5.41, 5.74) is 2.17. The Morgan fingerprint density at radius 2 is 1.71 bits per heavy atom. The van der Waals surface area contributed by atoms with E-state index < -0.39 is 5.41 Å². The maximum absolute atomic E-state index is 13.0. The highest BCUT2D eigenvalue weighted by molar-refractivity contribution is 6.01. The van der Waals surface area contributed by atoms with Crippen molar-refractivity contribution in [3.8, 4) is 5.75 Å². The fourth-order valence-electron chi connectivity index (χ4n) is 3.99. The normalized spacial score (nSPS) is 17.2. The van der Waals surface area contributed by atoms with Gasteiger partial charge in [-0.05, 0) is 49.4 Å². The molecule has 2 fully saturated rings. The zero-order valence-electron chi connectivity index (χ0n) is 16.2. The first-order chi connectivity index (χ1) is 13.6. The fraction of sp³-hybridized carbons (Fsp3) is 0.391. The van der Waals surface area contributed by atoms with Crippen LogP contribution >= 0.6 is 0 Å². The van der Waals surface area contributed by atoms with Gasteiger partial charge in [0.05, 0.1) is 18.9 Å². The zero-order chi connectivity index (χ0) is 19.6. The highest BCUT2D eigenvalue weighted by atomic mass is 16.5. The maximum atomic E-state index is 13.0. The van der Waals surface area contributed by atoms with Crippen LogP contribution in [0.5, 0.6) is 5.75 Å². The molecule has 28 heavy (non-hydrogen) atoms. The molecule has 1 saturated heterocycles. The quantitative estimate of drug-likeness (QED) is 0.837. The first-order valence-electron chi connectivity index (χ1n) is 9.94. The van der Waals surface area contributed by atoms with Crippen LogP contribution in [0.25, 0.3) is 0 Å². The molecule has 0 unspecified atom stereocenters. The molecule has 0 radical (unpaired) electrons. The summed E-state index contributed by atoms with van der Waals surface area (Å²) in [6, 6.07) is 15.3. The summed E-state index contributed by atoms with van der Waals surface area (Å²) in [5.74, 6) is 0.936. The molecule has 5 heteroatoms. The van der Waals surface area contributed by atoms with E-state index in [1.807, 2.05) is 53.4 Å². The standard InChI is InChI=1S/C23H26N2O3/c1-28-20-7-3-2-6-19(20)23(12-13-23)22(27)24-18-10-8-17(9-11-18)16-21(26)25-14-4-5-15-25/h2-3,6-11H,4-5,12-16H2,1H3,(H,24,27).